The van der Waals surface area contributed by atoms with Gasteiger partial charge in [-0.25, -0.2) is 4.98 Å². The van der Waals surface area contributed by atoms with E-state index in [4.69, 9.17) is 0 Å². The first-order chi connectivity index (χ1) is 13.6. The molecule has 0 N–H and O–H groups in total. The highest BCUT2D eigenvalue weighted by Crippen LogP contribution is 2.25. The van der Waals surface area contributed by atoms with Crippen LogP contribution in [0.2, 0.25) is 0 Å². The second kappa shape index (κ2) is 8.17. The van der Waals surface area contributed by atoms with Crippen molar-refractivity contribution in [1.82, 2.24) is 14.5 Å². The number of carbonyl (C=O) groups is 2. The van der Waals surface area contributed by atoms with Crippen molar-refractivity contribution in [3.8, 4) is 0 Å². The van der Waals surface area contributed by atoms with Crippen LogP contribution >= 0.6 is 0 Å². The van der Waals surface area contributed by atoms with E-state index < -0.39 is 0 Å². The van der Waals surface area contributed by atoms with Crippen molar-refractivity contribution in [3.63, 3.8) is 0 Å². The Morgan fingerprint density at radius 2 is 2.04 bits per heavy atom. The lowest BCUT2D eigenvalue weighted by atomic mass is 9.93. The largest absolute Gasteiger partial charge is 0.339 e. The number of hydrogen-bond donors (Lipinski definition) is 0. The maximum absolute atomic E-state index is 13.0. The zero-order valence-corrected chi connectivity index (χ0v) is 16.5. The third-order valence-electron chi connectivity index (χ3n) is 6.08. The van der Waals surface area contributed by atoms with Gasteiger partial charge in [-0.1, -0.05) is 6.07 Å². The molecule has 2 aromatic rings. The van der Waals surface area contributed by atoms with Crippen molar-refractivity contribution in [2.75, 3.05) is 24.5 Å². The van der Waals surface area contributed by atoms with E-state index in [0.29, 0.717) is 17.9 Å². The summed E-state index contributed by atoms with van der Waals surface area (Å²) in [5.41, 5.74) is 1.53. The number of piperidine rings is 1. The number of nitrogens with zero attached hydrogens (tertiary/aromatic N) is 4. The minimum Gasteiger partial charge on any atom is -0.339 e. The Balaban J connectivity index is 1.32. The van der Waals surface area contributed by atoms with Crippen molar-refractivity contribution < 1.29 is 9.59 Å². The molecule has 28 heavy (non-hydrogen) atoms. The SMILES string of the molecule is Cc1nccn1CCC1CCN(C(=O)c2cccc(N3CCCC3=O)c2)CC1. The summed E-state index contributed by atoms with van der Waals surface area (Å²) in [5, 5.41) is 0. The first kappa shape index (κ1) is 18.7. The first-order valence-corrected chi connectivity index (χ1v) is 10.3. The fraction of sp³-hybridized carbons (Fsp3) is 0.500. The van der Waals surface area contributed by atoms with Gasteiger partial charge in [-0.3, -0.25) is 9.59 Å². The number of amides is 2. The molecule has 1 aromatic carbocycles. The molecular formula is C22H28N4O2. The Morgan fingerprint density at radius 3 is 2.71 bits per heavy atom. The van der Waals surface area contributed by atoms with E-state index in [0.717, 1.165) is 63.4 Å². The lowest BCUT2D eigenvalue weighted by Gasteiger charge is -2.32. The van der Waals surface area contributed by atoms with Crippen LogP contribution in [0.15, 0.2) is 36.7 Å². The van der Waals surface area contributed by atoms with Crippen LogP contribution in [0.5, 0.6) is 0 Å². The monoisotopic (exact) mass is 380 g/mol. The van der Waals surface area contributed by atoms with Gasteiger partial charge in [0.15, 0.2) is 0 Å². The van der Waals surface area contributed by atoms with Gasteiger partial charge in [0.1, 0.15) is 5.82 Å². The molecule has 2 fully saturated rings. The van der Waals surface area contributed by atoms with Crippen molar-refractivity contribution >= 4 is 17.5 Å². The molecule has 0 radical (unpaired) electrons. The number of rotatable bonds is 5. The molecule has 0 saturated carbocycles. The van der Waals surface area contributed by atoms with E-state index >= 15 is 0 Å². The first-order valence-electron chi connectivity index (χ1n) is 10.3. The summed E-state index contributed by atoms with van der Waals surface area (Å²) in [6, 6.07) is 7.54. The standard InChI is InChI=1S/C22H28N4O2/c1-17-23-10-15-24(17)12-7-18-8-13-25(14-9-18)22(28)19-4-2-5-20(16-19)26-11-3-6-21(26)27/h2,4-5,10,15-16,18H,3,6-9,11-14H2,1H3. The minimum absolute atomic E-state index is 0.0809. The molecule has 6 heteroatoms. The van der Waals surface area contributed by atoms with E-state index in [9.17, 15) is 9.59 Å². The van der Waals surface area contributed by atoms with E-state index in [2.05, 4.69) is 9.55 Å². The third-order valence-corrected chi connectivity index (χ3v) is 6.08. The van der Waals surface area contributed by atoms with Gasteiger partial charge in [0.25, 0.3) is 5.91 Å². The summed E-state index contributed by atoms with van der Waals surface area (Å²) in [6.07, 6.45) is 8.60. The topological polar surface area (TPSA) is 58.4 Å². The van der Waals surface area contributed by atoms with Gasteiger partial charge in [-0.15, -0.1) is 0 Å². The molecule has 0 aliphatic carbocycles. The number of hydrogen-bond acceptors (Lipinski definition) is 3. The fourth-order valence-electron chi connectivity index (χ4n) is 4.30. The summed E-state index contributed by atoms with van der Waals surface area (Å²) in [6.45, 7) is 5.39. The summed E-state index contributed by atoms with van der Waals surface area (Å²) in [5.74, 6) is 1.94. The maximum Gasteiger partial charge on any atom is 0.253 e. The molecule has 3 heterocycles. The average molecular weight is 380 g/mol. The molecule has 2 aliphatic heterocycles. The minimum atomic E-state index is 0.0809. The normalized spacial score (nSPS) is 18.1. The second-order valence-electron chi connectivity index (χ2n) is 7.89. The summed E-state index contributed by atoms with van der Waals surface area (Å²) < 4.78 is 2.20. The molecular weight excluding hydrogens is 352 g/mol. The molecule has 0 unspecified atom stereocenters. The van der Waals surface area contributed by atoms with Crippen LogP contribution in [-0.2, 0) is 11.3 Å². The van der Waals surface area contributed by atoms with Gasteiger partial charge in [-0.05, 0) is 56.7 Å². The zero-order valence-electron chi connectivity index (χ0n) is 16.5. The summed E-state index contributed by atoms with van der Waals surface area (Å²) in [7, 11) is 0. The third kappa shape index (κ3) is 3.96. The fourth-order valence-corrected chi connectivity index (χ4v) is 4.30. The van der Waals surface area contributed by atoms with Gasteiger partial charge in [0.2, 0.25) is 5.91 Å². The van der Waals surface area contributed by atoms with Crippen LogP contribution in [0.3, 0.4) is 0 Å². The van der Waals surface area contributed by atoms with Crippen LogP contribution in [0, 0.1) is 12.8 Å². The molecule has 0 bridgehead atoms. The molecule has 0 atom stereocenters. The number of aryl methyl sites for hydroxylation is 2. The molecule has 2 amide bonds. The molecule has 6 nitrogen and oxygen atoms in total. The van der Waals surface area contributed by atoms with Gasteiger partial charge in [0, 0.05) is 56.2 Å². The molecule has 0 spiro atoms. The van der Waals surface area contributed by atoms with Gasteiger partial charge >= 0.3 is 0 Å². The van der Waals surface area contributed by atoms with Gasteiger partial charge < -0.3 is 14.4 Å². The lowest BCUT2D eigenvalue weighted by Crippen LogP contribution is -2.38. The maximum atomic E-state index is 13.0. The molecule has 2 aliphatic rings. The Bertz CT molecular complexity index is 852. The molecule has 4 rings (SSSR count). The van der Waals surface area contributed by atoms with Crippen LogP contribution in [-0.4, -0.2) is 45.9 Å². The molecule has 2 saturated heterocycles. The highest BCUT2D eigenvalue weighted by atomic mass is 16.2. The summed E-state index contributed by atoms with van der Waals surface area (Å²) >= 11 is 0. The molecule has 148 valence electrons. The van der Waals surface area contributed by atoms with E-state index in [-0.39, 0.29) is 11.8 Å². The van der Waals surface area contributed by atoms with E-state index in [1.807, 2.05) is 48.5 Å². The van der Waals surface area contributed by atoms with Crippen molar-refractivity contribution in [1.29, 1.82) is 0 Å². The van der Waals surface area contributed by atoms with Crippen LogP contribution in [0.4, 0.5) is 5.69 Å². The smallest absolute Gasteiger partial charge is 0.253 e. The highest BCUT2D eigenvalue weighted by Gasteiger charge is 2.26. The Labute approximate surface area is 166 Å². The number of aromatic nitrogens is 2. The lowest BCUT2D eigenvalue weighted by molar-refractivity contribution is -0.117. The van der Waals surface area contributed by atoms with Crippen molar-refractivity contribution in [2.24, 2.45) is 5.92 Å². The second-order valence-corrected chi connectivity index (χ2v) is 7.89. The van der Waals surface area contributed by atoms with Crippen LogP contribution < -0.4 is 4.90 Å². The quantitative estimate of drug-likeness (QED) is 0.800. The molecule has 1 aromatic heterocycles. The Kier molecular flexibility index (Phi) is 5.46. The predicted molar refractivity (Wildman–Crippen MR) is 108 cm³/mol. The number of likely N-dealkylation sites (tertiary alicyclic amines) is 1. The predicted octanol–water partition coefficient (Wildman–Crippen LogP) is 3.26. The van der Waals surface area contributed by atoms with Gasteiger partial charge in [0.05, 0.1) is 0 Å². The van der Waals surface area contributed by atoms with Crippen LogP contribution in [0.1, 0.15) is 48.3 Å². The number of imidazole rings is 1. The van der Waals surface area contributed by atoms with Gasteiger partial charge in [-0.2, -0.15) is 0 Å². The Hall–Kier alpha value is -2.63. The Morgan fingerprint density at radius 1 is 1.21 bits per heavy atom. The number of benzene rings is 1. The van der Waals surface area contributed by atoms with E-state index in [1.165, 1.54) is 0 Å². The average Bonchev–Trinajstić information content (AvgIpc) is 3.34. The number of anilines is 1. The summed E-state index contributed by atoms with van der Waals surface area (Å²) in [4.78, 5) is 33.0. The zero-order chi connectivity index (χ0) is 19.5. The van der Waals surface area contributed by atoms with E-state index in [1.54, 1.807) is 4.90 Å². The highest BCUT2D eigenvalue weighted by molar-refractivity contribution is 5.99. The van der Waals surface area contributed by atoms with Crippen molar-refractivity contribution in [3.05, 3.63) is 48.0 Å². The van der Waals surface area contributed by atoms with Crippen LogP contribution in [0.25, 0.3) is 0 Å². The number of carbonyl (C=O) groups excluding carboxylic acids is 2. The van der Waals surface area contributed by atoms with Crippen molar-refractivity contribution in [2.45, 2.75) is 45.6 Å².